The number of carbonyl (C=O) groups is 2. The maximum absolute atomic E-state index is 14.5. The first kappa shape index (κ1) is 24.9. The smallest absolute Gasteiger partial charge is 0.328 e. The molecule has 0 atom stereocenters. The van der Waals surface area contributed by atoms with Crippen molar-refractivity contribution in [2.75, 3.05) is 47.6 Å². The second-order valence-electron chi connectivity index (χ2n) is 8.90. The van der Waals surface area contributed by atoms with Gasteiger partial charge in [-0.15, -0.1) is 0 Å². The maximum atomic E-state index is 14.5. The van der Waals surface area contributed by atoms with Gasteiger partial charge in [-0.25, -0.2) is 9.18 Å². The van der Waals surface area contributed by atoms with Gasteiger partial charge in [-0.3, -0.25) is 14.6 Å². The third kappa shape index (κ3) is 4.83. The summed E-state index contributed by atoms with van der Waals surface area (Å²) < 4.78 is 30.3. The first-order chi connectivity index (χ1) is 16.9. The van der Waals surface area contributed by atoms with E-state index in [0.29, 0.717) is 62.7 Å². The van der Waals surface area contributed by atoms with Gasteiger partial charge in [-0.2, -0.15) is 0 Å². The summed E-state index contributed by atoms with van der Waals surface area (Å²) in [6.45, 7) is 2.32. The third-order valence-corrected chi connectivity index (χ3v) is 6.98. The maximum Gasteiger partial charge on any atom is 0.328 e. The van der Waals surface area contributed by atoms with Crippen LogP contribution in [0.3, 0.4) is 0 Å². The van der Waals surface area contributed by atoms with Crippen LogP contribution in [0.4, 0.5) is 9.18 Å². The minimum absolute atomic E-state index is 0.177. The number of piperidine rings is 1. The molecule has 1 spiro atoms. The van der Waals surface area contributed by atoms with Crippen LogP contribution >= 0.6 is 0 Å². The van der Waals surface area contributed by atoms with Crippen LogP contribution in [-0.4, -0.2) is 79.7 Å². The highest BCUT2D eigenvalue weighted by Crippen LogP contribution is 2.39. The third-order valence-electron chi connectivity index (χ3n) is 6.98. The fourth-order valence-electron chi connectivity index (χ4n) is 5.04. The summed E-state index contributed by atoms with van der Waals surface area (Å²) in [5.41, 5.74) is 0.388. The Morgan fingerprint density at radius 3 is 2.40 bits per heavy atom. The fourth-order valence-corrected chi connectivity index (χ4v) is 5.04. The molecule has 2 aliphatic heterocycles. The summed E-state index contributed by atoms with van der Waals surface area (Å²) in [6, 6.07) is 11.8. The predicted octanol–water partition coefficient (Wildman–Crippen LogP) is 3.29. The van der Waals surface area contributed by atoms with E-state index in [-0.39, 0.29) is 24.3 Å². The largest absolute Gasteiger partial charge is 0.497 e. The van der Waals surface area contributed by atoms with Gasteiger partial charge in [0.2, 0.25) is 0 Å². The highest BCUT2D eigenvalue weighted by molar-refractivity contribution is 6.07. The Kier molecular flexibility index (Phi) is 7.57. The number of rotatable bonds is 9. The number of halogens is 1. The predicted molar refractivity (Wildman–Crippen MR) is 128 cm³/mol. The lowest BCUT2D eigenvalue weighted by atomic mass is 9.85. The monoisotopic (exact) mass is 485 g/mol. The molecule has 2 aromatic rings. The van der Waals surface area contributed by atoms with Gasteiger partial charge in [0.1, 0.15) is 22.9 Å². The zero-order chi connectivity index (χ0) is 25.0. The first-order valence-electron chi connectivity index (χ1n) is 11.7. The molecule has 3 amide bonds. The van der Waals surface area contributed by atoms with Crippen LogP contribution in [-0.2, 0) is 22.6 Å². The second kappa shape index (κ2) is 10.6. The van der Waals surface area contributed by atoms with E-state index in [1.54, 1.807) is 31.3 Å². The number of hydrogen-bond acceptors (Lipinski definition) is 6. The molecule has 0 bridgehead atoms. The fraction of sp³-hybridized carbons (Fsp3) is 0.462. The van der Waals surface area contributed by atoms with Gasteiger partial charge in [0.25, 0.3) is 5.91 Å². The molecule has 0 radical (unpaired) electrons. The zero-order valence-corrected chi connectivity index (χ0v) is 20.5. The minimum Gasteiger partial charge on any atom is -0.497 e. The number of benzene rings is 2. The molecule has 9 heteroatoms. The van der Waals surface area contributed by atoms with Crippen LogP contribution in [0, 0.1) is 5.82 Å². The van der Waals surface area contributed by atoms with E-state index >= 15 is 0 Å². The van der Waals surface area contributed by atoms with Crippen molar-refractivity contribution >= 4 is 11.9 Å². The van der Waals surface area contributed by atoms with Gasteiger partial charge in [0, 0.05) is 38.9 Å². The molecule has 35 heavy (non-hydrogen) atoms. The molecule has 2 saturated heterocycles. The average Bonchev–Trinajstić information content (AvgIpc) is 3.06. The van der Waals surface area contributed by atoms with Crippen molar-refractivity contribution in [3.05, 3.63) is 59.4 Å². The van der Waals surface area contributed by atoms with Gasteiger partial charge in [-0.1, -0.05) is 18.2 Å². The number of methoxy groups -OCH3 is 3. The molecule has 0 aliphatic carbocycles. The number of likely N-dealkylation sites (tertiary alicyclic amines) is 1. The van der Waals surface area contributed by atoms with Gasteiger partial charge < -0.3 is 19.1 Å². The molecule has 2 aliphatic rings. The number of imide groups is 1. The molecular weight excluding hydrogens is 453 g/mol. The Labute approximate surface area is 205 Å². The van der Waals surface area contributed by atoms with E-state index < -0.39 is 5.54 Å². The Balaban J connectivity index is 1.53. The number of urea groups is 1. The molecule has 4 rings (SSSR count). The number of hydrogen-bond donors (Lipinski definition) is 0. The standard InChI is InChI=1S/C26H32FN3O5/c1-33-15-14-30-25(32)29(17-19-6-4-7-20(16-19)34-2)24(31)26(30)10-12-28(13-11-26)18-21-22(27)8-5-9-23(21)35-3/h4-9,16H,10-15,17-18H2,1-3H3. The Bertz CT molecular complexity index is 1070. The summed E-state index contributed by atoms with van der Waals surface area (Å²) in [6.07, 6.45) is 0.930. The quantitative estimate of drug-likeness (QED) is 0.508. The second-order valence-corrected chi connectivity index (χ2v) is 8.90. The lowest BCUT2D eigenvalue weighted by molar-refractivity contribution is -0.136. The van der Waals surface area contributed by atoms with Gasteiger partial charge >= 0.3 is 6.03 Å². The van der Waals surface area contributed by atoms with Crippen LogP contribution in [0.2, 0.25) is 0 Å². The van der Waals surface area contributed by atoms with Crippen LogP contribution in [0.1, 0.15) is 24.0 Å². The van der Waals surface area contributed by atoms with Crippen molar-refractivity contribution in [2.24, 2.45) is 0 Å². The summed E-state index contributed by atoms with van der Waals surface area (Å²) in [7, 11) is 4.68. The van der Waals surface area contributed by atoms with Crippen molar-refractivity contribution in [2.45, 2.75) is 31.5 Å². The summed E-state index contributed by atoms with van der Waals surface area (Å²) in [4.78, 5) is 32.3. The number of nitrogens with zero attached hydrogens (tertiary/aromatic N) is 3. The van der Waals surface area contributed by atoms with Crippen LogP contribution in [0.25, 0.3) is 0 Å². The lowest BCUT2D eigenvalue weighted by Gasteiger charge is -2.42. The Hall–Kier alpha value is -3.17. The van der Waals surface area contributed by atoms with Crippen molar-refractivity contribution in [1.82, 2.24) is 14.7 Å². The van der Waals surface area contributed by atoms with E-state index in [9.17, 15) is 14.0 Å². The molecule has 0 aromatic heterocycles. The van der Waals surface area contributed by atoms with Crippen LogP contribution in [0.5, 0.6) is 11.5 Å². The number of carbonyl (C=O) groups excluding carboxylic acids is 2. The SMILES string of the molecule is COCCN1C(=O)N(Cc2cccc(OC)c2)C(=O)C12CCN(Cc1c(F)cccc1OC)CC2. The normalized spacial score (nSPS) is 17.9. The molecule has 2 heterocycles. The number of amides is 3. The molecule has 8 nitrogen and oxygen atoms in total. The van der Waals surface area contributed by atoms with Crippen molar-refractivity contribution in [3.63, 3.8) is 0 Å². The summed E-state index contributed by atoms with van der Waals surface area (Å²) in [5.74, 6) is 0.667. The molecular formula is C26H32FN3O5. The van der Waals surface area contributed by atoms with Gasteiger partial charge in [-0.05, 0) is 42.7 Å². The van der Waals surface area contributed by atoms with Crippen LogP contribution < -0.4 is 9.47 Å². The number of ether oxygens (including phenoxy) is 3. The van der Waals surface area contributed by atoms with E-state index in [4.69, 9.17) is 14.2 Å². The highest BCUT2D eigenvalue weighted by atomic mass is 19.1. The zero-order valence-electron chi connectivity index (χ0n) is 20.5. The van der Waals surface area contributed by atoms with E-state index in [2.05, 4.69) is 4.90 Å². The summed E-state index contributed by atoms with van der Waals surface area (Å²) in [5, 5.41) is 0. The average molecular weight is 486 g/mol. The Morgan fingerprint density at radius 2 is 1.71 bits per heavy atom. The topological polar surface area (TPSA) is 71.6 Å². The molecule has 188 valence electrons. The van der Waals surface area contributed by atoms with Crippen molar-refractivity contribution in [3.8, 4) is 11.5 Å². The van der Waals surface area contributed by atoms with Crippen LogP contribution in [0.15, 0.2) is 42.5 Å². The van der Waals surface area contributed by atoms with Crippen molar-refractivity contribution in [1.29, 1.82) is 0 Å². The molecule has 2 aromatic carbocycles. The van der Waals surface area contributed by atoms with E-state index in [1.165, 1.54) is 18.1 Å². The minimum atomic E-state index is -0.926. The van der Waals surface area contributed by atoms with Gasteiger partial charge in [0.15, 0.2) is 0 Å². The first-order valence-corrected chi connectivity index (χ1v) is 11.7. The Morgan fingerprint density at radius 1 is 0.971 bits per heavy atom. The molecule has 0 N–H and O–H groups in total. The van der Waals surface area contributed by atoms with E-state index in [1.807, 2.05) is 24.3 Å². The van der Waals surface area contributed by atoms with E-state index in [0.717, 1.165) is 5.56 Å². The summed E-state index contributed by atoms with van der Waals surface area (Å²) >= 11 is 0. The molecule has 2 fully saturated rings. The molecule has 0 saturated carbocycles. The van der Waals surface area contributed by atoms with Gasteiger partial charge in [0.05, 0.1) is 27.4 Å². The van der Waals surface area contributed by atoms with Crippen molar-refractivity contribution < 1.29 is 28.2 Å². The molecule has 0 unspecified atom stereocenters. The highest BCUT2D eigenvalue weighted by Gasteiger charge is 2.57. The lowest BCUT2D eigenvalue weighted by Crippen LogP contribution is -2.57.